The van der Waals surface area contributed by atoms with Gasteiger partial charge in [0.15, 0.2) is 5.78 Å². The van der Waals surface area contributed by atoms with E-state index >= 15 is 0 Å². The average molecular weight is 480 g/mol. The molecule has 0 amide bonds. The van der Waals surface area contributed by atoms with E-state index in [2.05, 4.69) is 110 Å². The Bertz CT molecular complexity index is 1070. The van der Waals surface area contributed by atoms with Crippen molar-refractivity contribution in [2.45, 2.75) is 51.6 Å². The van der Waals surface area contributed by atoms with Gasteiger partial charge in [0.1, 0.15) is 23.2 Å². The maximum Gasteiger partial charge on any atom is 0.162 e. The number of Topliss-reactive ketones (excluding diaryl/α,β-unsaturated/α-hetero) is 1. The van der Waals surface area contributed by atoms with E-state index in [1.165, 1.54) is 40.7 Å². The molecular formula is C33H36OP+. The van der Waals surface area contributed by atoms with Crippen LogP contribution in [0.3, 0.4) is 0 Å². The van der Waals surface area contributed by atoms with Gasteiger partial charge in [-0.15, -0.1) is 0 Å². The first-order valence-corrected chi connectivity index (χ1v) is 14.9. The third kappa shape index (κ3) is 6.16. The molecule has 2 heteroatoms. The van der Waals surface area contributed by atoms with Crippen LogP contribution < -0.4 is 15.9 Å². The minimum absolute atomic E-state index is 0.267. The van der Waals surface area contributed by atoms with E-state index in [1.807, 2.05) is 12.1 Å². The van der Waals surface area contributed by atoms with Crippen LogP contribution in [0.5, 0.6) is 0 Å². The van der Waals surface area contributed by atoms with Crippen LogP contribution in [0.2, 0.25) is 0 Å². The quantitative estimate of drug-likeness (QED) is 0.115. The van der Waals surface area contributed by atoms with Crippen molar-refractivity contribution < 1.29 is 4.79 Å². The van der Waals surface area contributed by atoms with Gasteiger partial charge in [0.05, 0.1) is 6.16 Å². The number of hydrogen-bond donors (Lipinski definition) is 0. The highest BCUT2D eigenvalue weighted by molar-refractivity contribution is 7.95. The molecule has 0 aliphatic rings. The smallest absolute Gasteiger partial charge is 0.162 e. The Morgan fingerprint density at radius 1 is 0.571 bits per heavy atom. The lowest BCUT2D eigenvalue weighted by Crippen LogP contribution is -2.32. The van der Waals surface area contributed by atoms with E-state index in [0.29, 0.717) is 6.42 Å². The molecule has 0 atom stereocenters. The highest BCUT2D eigenvalue weighted by atomic mass is 31.2. The van der Waals surface area contributed by atoms with Crippen molar-refractivity contribution in [3.05, 3.63) is 126 Å². The predicted octanol–water partition coefficient (Wildman–Crippen LogP) is 7.72. The van der Waals surface area contributed by atoms with Gasteiger partial charge in [-0.05, 0) is 48.4 Å². The summed E-state index contributed by atoms with van der Waals surface area (Å²) in [5, 5.41) is 4.14. The number of hydrogen-bond acceptors (Lipinski definition) is 1. The second kappa shape index (κ2) is 12.6. The Morgan fingerprint density at radius 2 is 1.03 bits per heavy atom. The van der Waals surface area contributed by atoms with Crippen LogP contribution >= 0.6 is 7.26 Å². The standard InChI is InChI=1S/C33H36OP/c1-2-3-4-5-15-22-33(34)29-25-23-28(24-26-29)27-35(30-16-9-6-10-17-30,31-18-11-7-12-19-31)32-20-13-8-14-21-32/h6-14,16-21,23-26H,2-5,15,22,27H2,1H3/q+1. The molecule has 4 aromatic carbocycles. The molecule has 0 saturated carbocycles. The number of unbranched alkanes of at least 4 members (excludes halogenated alkanes) is 4. The lowest BCUT2D eigenvalue weighted by atomic mass is 10.0. The molecule has 0 N–H and O–H groups in total. The van der Waals surface area contributed by atoms with Crippen LogP contribution in [0.4, 0.5) is 0 Å². The highest BCUT2D eigenvalue weighted by Crippen LogP contribution is 2.58. The maximum atomic E-state index is 12.7. The zero-order valence-electron chi connectivity index (χ0n) is 20.8. The largest absolute Gasteiger partial charge is 0.294 e. The number of benzene rings is 4. The first kappa shape index (κ1) is 25.1. The summed E-state index contributed by atoms with van der Waals surface area (Å²) in [5.41, 5.74) is 2.11. The van der Waals surface area contributed by atoms with Gasteiger partial charge >= 0.3 is 0 Å². The second-order valence-electron chi connectivity index (χ2n) is 9.26. The van der Waals surface area contributed by atoms with Crippen LogP contribution in [0.25, 0.3) is 0 Å². The van der Waals surface area contributed by atoms with E-state index in [9.17, 15) is 4.79 Å². The summed E-state index contributed by atoms with van der Waals surface area (Å²) in [6.07, 6.45) is 7.44. The van der Waals surface area contributed by atoms with Crippen LogP contribution in [0.1, 0.15) is 61.4 Å². The van der Waals surface area contributed by atoms with Gasteiger partial charge in [-0.25, -0.2) is 0 Å². The summed E-state index contributed by atoms with van der Waals surface area (Å²) >= 11 is 0. The summed E-state index contributed by atoms with van der Waals surface area (Å²) in [6.45, 7) is 2.22. The van der Waals surface area contributed by atoms with Crippen LogP contribution in [0.15, 0.2) is 115 Å². The molecule has 0 saturated heterocycles. The van der Waals surface area contributed by atoms with E-state index in [1.54, 1.807) is 0 Å². The predicted molar refractivity (Wildman–Crippen MR) is 153 cm³/mol. The van der Waals surface area contributed by atoms with E-state index in [0.717, 1.165) is 24.6 Å². The Kier molecular flexibility index (Phi) is 9.04. The van der Waals surface area contributed by atoms with E-state index < -0.39 is 7.26 Å². The van der Waals surface area contributed by atoms with Crippen LogP contribution in [-0.4, -0.2) is 5.78 Å². The normalized spacial score (nSPS) is 11.3. The van der Waals surface area contributed by atoms with Crippen molar-refractivity contribution in [3.8, 4) is 0 Å². The third-order valence-electron chi connectivity index (χ3n) is 6.79. The topological polar surface area (TPSA) is 17.1 Å². The van der Waals surface area contributed by atoms with Gasteiger partial charge in [-0.3, -0.25) is 4.79 Å². The Hall–Kier alpha value is -3.02. The molecular weight excluding hydrogens is 443 g/mol. The van der Waals surface area contributed by atoms with Crippen molar-refractivity contribution in [1.29, 1.82) is 0 Å². The first-order chi connectivity index (χ1) is 17.2. The van der Waals surface area contributed by atoms with Gasteiger partial charge < -0.3 is 0 Å². The average Bonchev–Trinajstić information content (AvgIpc) is 2.93. The summed E-state index contributed by atoms with van der Waals surface area (Å²) < 4.78 is 0. The fourth-order valence-electron chi connectivity index (χ4n) is 4.87. The molecule has 35 heavy (non-hydrogen) atoms. The van der Waals surface area contributed by atoms with E-state index in [4.69, 9.17) is 0 Å². The number of carbonyl (C=O) groups is 1. The van der Waals surface area contributed by atoms with Crippen LogP contribution in [0, 0.1) is 0 Å². The third-order valence-corrected chi connectivity index (χ3v) is 11.2. The fourth-order valence-corrected chi connectivity index (χ4v) is 9.12. The molecule has 0 aliphatic heterocycles. The van der Waals surface area contributed by atoms with Crippen molar-refractivity contribution >= 4 is 29.0 Å². The van der Waals surface area contributed by atoms with Crippen molar-refractivity contribution in [2.75, 3.05) is 0 Å². The van der Waals surface area contributed by atoms with Gasteiger partial charge in [-0.2, -0.15) is 0 Å². The van der Waals surface area contributed by atoms with Gasteiger partial charge in [-0.1, -0.05) is 111 Å². The SMILES string of the molecule is CCCCCCCC(=O)c1ccc(C[P+](c2ccccc2)(c2ccccc2)c2ccccc2)cc1. The van der Waals surface area contributed by atoms with Crippen LogP contribution in [-0.2, 0) is 6.16 Å². The van der Waals surface area contributed by atoms with E-state index in [-0.39, 0.29) is 5.78 Å². The van der Waals surface area contributed by atoms with Crippen molar-refractivity contribution in [2.24, 2.45) is 0 Å². The molecule has 0 fully saturated rings. The molecule has 0 aliphatic carbocycles. The molecule has 0 radical (unpaired) electrons. The number of rotatable bonds is 12. The number of ketones is 1. The van der Waals surface area contributed by atoms with Crippen molar-refractivity contribution in [3.63, 3.8) is 0 Å². The Balaban J connectivity index is 1.65. The van der Waals surface area contributed by atoms with Crippen molar-refractivity contribution in [1.82, 2.24) is 0 Å². The molecule has 0 unspecified atom stereocenters. The minimum Gasteiger partial charge on any atom is -0.294 e. The molecule has 0 spiro atoms. The summed E-state index contributed by atoms with van der Waals surface area (Å²) in [6, 6.07) is 41.3. The first-order valence-electron chi connectivity index (χ1n) is 12.9. The maximum absolute atomic E-state index is 12.7. The molecule has 4 aromatic rings. The lowest BCUT2D eigenvalue weighted by Gasteiger charge is -2.28. The van der Waals surface area contributed by atoms with Gasteiger partial charge in [0, 0.05) is 12.0 Å². The highest BCUT2D eigenvalue weighted by Gasteiger charge is 2.45. The lowest BCUT2D eigenvalue weighted by molar-refractivity contribution is 0.0979. The number of carbonyl (C=O) groups excluding carboxylic acids is 1. The van der Waals surface area contributed by atoms with Gasteiger partial charge in [0.2, 0.25) is 0 Å². The summed E-state index contributed by atoms with van der Waals surface area (Å²) in [4.78, 5) is 12.7. The molecule has 1 nitrogen and oxygen atoms in total. The molecule has 0 bridgehead atoms. The Labute approximate surface area is 211 Å². The zero-order valence-corrected chi connectivity index (χ0v) is 21.7. The fraction of sp³-hybridized carbons (Fsp3) is 0.242. The summed E-state index contributed by atoms with van der Waals surface area (Å²) in [5.74, 6) is 0.267. The molecule has 4 rings (SSSR count). The molecule has 0 aromatic heterocycles. The minimum atomic E-state index is -1.93. The monoisotopic (exact) mass is 479 g/mol. The molecule has 0 heterocycles. The second-order valence-corrected chi connectivity index (χ2v) is 12.7. The summed E-state index contributed by atoms with van der Waals surface area (Å²) in [7, 11) is -1.93. The molecule has 178 valence electrons. The zero-order chi connectivity index (χ0) is 24.3. The Morgan fingerprint density at radius 3 is 1.49 bits per heavy atom. The van der Waals surface area contributed by atoms with Gasteiger partial charge in [0.25, 0.3) is 0 Å².